The van der Waals surface area contributed by atoms with E-state index in [9.17, 15) is 18.4 Å². The molecule has 1 aromatic rings. The van der Waals surface area contributed by atoms with E-state index < -0.39 is 18.2 Å². The second-order valence-electron chi connectivity index (χ2n) is 2.55. The second kappa shape index (κ2) is 4.97. The molecule has 0 unspecified atom stereocenters. The number of carbonyl (C=O) groups excluding carboxylic acids is 2. The number of ketones is 1. The fourth-order valence-electron chi connectivity index (χ4n) is 0.890. The van der Waals surface area contributed by atoms with Crippen molar-refractivity contribution in [1.82, 2.24) is 0 Å². The summed E-state index contributed by atoms with van der Waals surface area (Å²) in [4.78, 5) is 22.0. The van der Waals surface area contributed by atoms with E-state index in [4.69, 9.17) is 0 Å². The molecule has 0 radical (unpaired) electrons. The van der Waals surface area contributed by atoms with Gasteiger partial charge in [-0.25, -0.2) is 13.6 Å². The van der Waals surface area contributed by atoms with Gasteiger partial charge >= 0.3 is 12.4 Å². The fraction of sp³-hybridized carbons (Fsp3) is 0.333. The van der Waals surface area contributed by atoms with Crippen LogP contribution < -0.4 is 0 Å². The van der Waals surface area contributed by atoms with Gasteiger partial charge in [0.05, 0.1) is 11.5 Å². The number of esters is 1. The summed E-state index contributed by atoms with van der Waals surface area (Å²) < 4.78 is 28.7. The van der Waals surface area contributed by atoms with Crippen molar-refractivity contribution >= 4 is 23.1 Å². The maximum atomic E-state index is 12.0. The Hall–Kier alpha value is -1.30. The lowest BCUT2D eigenvalue weighted by Gasteiger charge is -1.96. The summed E-state index contributed by atoms with van der Waals surface area (Å²) >= 11 is 0.713. The molecule has 0 aliphatic heterocycles. The minimum absolute atomic E-state index is 0.131. The zero-order chi connectivity index (χ0) is 11.4. The number of alkyl halides is 2. The van der Waals surface area contributed by atoms with E-state index >= 15 is 0 Å². The number of rotatable bonds is 4. The van der Waals surface area contributed by atoms with Crippen LogP contribution in [0.4, 0.5) is 8.78 Å². The van der Waals surface area contributed by atoms with Crippen LogP contribution in [0, 0.1) is 0 Å². The predicted octanol–water partition coefficient (Wildman–Crippen LogP) is 2.37. The lowest BCUT2D eigenvalue weighted by Crippen LogP contribution is -2.07. The van der Waals surface area contributed by atoms with E-state index in [0.29, 0.717) is 11.3 Å². The molecule has 0 saturated heterocycles. The standard InChI is InChI=1S/C9H8F2O3S/c1-2-14-9(13)6-4-3-5(15-6)7(12)8(10)11/h3-4,8H,2H2,1H3. The van der Waals surface area contributed by atoms with Crippen LogP contribution >= 0.6 is 11.3 Å². The summed E-state index contributed by atoms with van der Waals surface area (Å²) in [6.45, 7) is 1.84. The van der Waals surface area contributed by atoms with Crippen molar-refractivity contribution in [2.45, 2.75) is 13.3 Å². The lowest BCUT2D eigenvalue weighted by atomic mass is 10.3. The van der Waals surface area contributed by atoms with Gasteiger partial charge in [0.25, 0.3) is 0 Å². The first kappa shape index (κ1) is 11.8. The van der Waals surface area contributed by atoms with E-state index in [1.54, 1.807) is 6.92 Å². The summed E-state index contributed by atoms with van der Waals surface area (Å²) in [6, 6.07) is 2.50. The van der Waals surface area contributed by atoms with Gasteiger partial charge in [0.1, 0.15) is 4.88 Å². The Morgan fingerprint density at radius 3 is 2.53 bits per heavy atom. The van der Waals surface area contributed by atoms with Crippen molar-refractivity contribution in [3.05, 3.63) is 21.9 Å². The van der Waals surface area contributed by atoms with Crippen LogP contribution in [0.3, 0.4) is 0 Å². The molecular weight excluding hydrogens is 226 g/mol. The Bertz CT molecular complexity index is 373. The average Bonchev–Trinajstić information content (AvgIpc) is 2.65. The largest absolute Gasteiger partial charge is 0.462 e. The molecule has 1 heterocycles. The van der Waals surface area contributed by atoms with Crippen LogP contribution in [0.25, 0.3) is 0 Å². The third-order valence-corrected chi connectivity index (χ3v) is 2.60. The monoisotopic (exact) mass is 234 g/mol. The Balaban J connectivity index is 2.80. The molecule has 0 bridgehead atoms. The molecule has 0 aliphatic rings. The Morgan fingerprint density at radius 2 is 2.00 bits per heavy atom. The highest BCUT2D eigenvalue weighted by Gasteiger charge is 2.21. The number of halogens is 2. The molecule has 0 atom stereocenters. The molecule has 0 amide bonds. The first-order valence-corrected chi connectivity index (χ1v) is 4.97. The van der Waals surface area contributed by atoms with Crippen LogP contribution in [0.1, 0.15) is 26.3 Å². The third-order valence-electron chi connectivity index (χ3n) is 1.52. The summed E-state index contributed by atoms with van der Waals surface area (Å²) in [7, 11) is 0. The topological polar surface area (TPSA) is 43.4 Å². The van der Waals surface area contributed by atoms with Gasteiger partial charge in [0, 0.05) is 0 Å². The van der Waals surface area contributed by atoms with Gasteiger partial charge in [-0.05, 0) is 19.1 Å². The Kier molecular flexibility index (Phi) is 3.90. The number of ether oxygens (including phenoxy) is 1. The van der Waals surface area contributed by atoms with Gasteiger partial charge in [-0.2, -0.15) is 0 Å². The maximum absolute atomic E-state index is 12.0. The zero-order valence-corrected chi connectivity index (χ0v) is 8.64. The van der Waals surface area contributed by atoms with Crippen molar-refractivity contribution in [3.8, 4) is 0 Å². The summed E-state index contributed by atoms with van der Waals surface area (Å²) in [6.07, 6.45) is -3.04. The molecule has 0 aromatic carbocycles. The fourth-order valence-corrected chi connectivity index (χ4v) is 1.73. The molecule has 82 valence electrons. The number of thiophene rings is 1. The van der Waals surface area contributed by atoms with Gasteiger partial charge in [0.15, 0.2) is 0 Å². The van der Waals surface area contributed by atoms with Crippen molar-refractivity contribution in [1.29, 1.82) is 0 Å². The summed E-state index contributed by atoms with van der Waals surface area (Å²) in [5.74, 6) is -1.87. The molecule has 3 nitrogen and oxygen atoms in total. The molecule has 0 N–H and O–H groups in total. The highest BCUT2D eigenvalue weighted by Crippen LogP contribution is 2.20. The van der Waals surface area contributed by atoms with E-state index in [1.807, 2.05) is 0 Å². The van der Waals surface area contributed by atoms with E-state index in [2.05, 4.69) is 4.74 Å². The third kappa shape index (κ3) is 2.82. The molecule has 0 saturated carbocycles. The Morgan fingerprint density at radius 1 is 1.40 bits per heavy atom. The molecule has 0 spiro atoms. The van der Waals surface area contributed by atoms with Crippen LogP contribution in [-0.2, 0) is 4.74 Å². The predicted molar refractivity (Wildman–Crippen MR) is 50.6 cm³/mol. The van der Waals surface area contributed by atoms with Crippen LogP contribution in [-0.4, -0.2) is 24.8 Å². The minimum Gasteiger partial charge on any atom is -0.462 e. The van der Waals surface area contributed by atoms with E-state index in [-0.39, 0.29) is 16.4 Å². The highest BCUT2D eigenvalue weighted by atomic mass is 32.1. The molecule has 15 heavy (non-hydrogen) atoms. The smallest absolute Gasteiger partial charge is 0.348 e. The quantitative estimate of drug-likeness (QED) is 0.593. The SMILES string of the molecule is CCOC(=O)c1ccc(C(=O)C(F)F)s1. The van der Waals surface area contributed by atoms with Crippen LogP contribution in [0.2, 0.25) is 0 Å². The lowest BCUT2D eigenvalue weighted by molar-refractivity contribution is 0.0532. The number of hydrogen-bond donors (Lipinski definition) is 0. The number of Topliss-reactive ketones (excluding diaryl/α,β-unsaturated/α-hetero) is 1. The Labute approximate surface area is 88.7 Å². The zero-order valence-electron chi connectivity index (χ0n) is 7.83. The van der Waals surface area contributed by atoms with Gasteiger partial charge in [-0.15, -0.1) is 11.3 Å². The maximum Gasteiger partial charge on any atom is 0.348 e. The minimum atomic E-state index is -3.04. The molecule has 0 aliphatic carbocycles. The second-order valence-corrected chi connectivity index (χ2v) is 3.63. The molecule has 1 rings (SSSR count). The molecular formula is C9H8F2O3S. The van der Waals surface area contributed by atoms with Crippen molar-refractivity contribution in [3.63, 3.8) is 0 Å². The first-order valence-electron chi connectivity index (χ1n) is 4.15. The van der Waals surface area contributed by atoms with Crippen LogP contribution in [0.15, 0.2) is 12.1 Å². The van der Waals surface area contributed by atoms with Crippen LogP contribution in [0.5, 0.6) is 0 Å². The van der Waals surface area contributed by atoms with E-state index in [0.717, 1.165) is 0 Å². The average molecular weight is 234 g/mol. The molecule has 6 heteroatoms. The van der Waals surface area contributed by atoms with Gasteiger partial charge in [0.2, 0.25) is 5.78 Å². The summed E-state index contributed by atoms with van der Waals surface area (Å²) in [5, 5.41) is 0. The summed E-state index contributed by atoms with van der Waals surface area (Å²) in [5.41, 5.74) is 0. The van der Waals surface area contributed by atoms with Crippen molar-refractivity contribution in [2.24, 2.45) is 0 Å². The number of hydrogen-bond acceptors (Lipinski definition) is 4. The van der Waals surface area contributed by atoms with Crippen molar-refractivity contribution in [2.75, 3.05) is 6.61 Å². The van der Waals surface area contributed by atoms with E-state index in [1.165, 1.54) is 12.1 Å². The van der Waals surface area contributed by atoms with Crippen molar-refractivity contribution < 1.29 is 23.1 Å². The molecule has 1 aromatic heterocycles. The highest BCUT2D eigenvalue weighted by molar-refractivity contribution is 7.15. The van der Waals surface area contributed by atoms with Gasteiger partial charge in [-0.3, -0.25) is 4.79 Å². The normalized spacial score (nSPS) is 10.4. The molecule has 0 fully saturated rings. The van der Waals surface area contributed by atoms with Gasteiger partial charge < -0.3 is 4.74 Å². The first-order chi connectivity index (χ1) is 7.06. The number of carbonyl (C=O) groups is 2. The van der Waals surface area contributed by atoms with Gasteiger partial charge in [-0.1, -0.05) is 0 Å².